The molecule has 0 saturated carbocycles. The van der Waals surface area contributed by atoms with Crippen LogP contribution in [0.2, 0.25) is 0 Å². The maximum Gasteiger partial charge on any atom is 0.224 e. The molecule has 80 valence electrons. The maximum absolute atomic E-state index is 6.07. The Morgan fingerprint density at radius 2 is 2.14 bits per heavy atom. The van der Waals surface area contributed by atoms with Crippen molar-refractivity contribution in [3.63, 3.8) is 0 Å². The molecule has 0 aliphatic carbocycles. The minimum atomic E-state index is -0.0420. The van der Waals surface area contributed by atoms with Gasteiger partial charge in [-0.3, -0.25) is 4.57 Å². The summed E-state index contributed by atoms with van der Waals surface area (Å²) in [4.78, 5) is 0. The number of anilines is 1. The summed E-state index contributed by atoms with van der Waals surface area (Å²) in [5.41, 5.74) is 6.07. The van der Waals surface area contributed by atoms with Crippen LogP contribution in [-0.2, 0) is 7.05 Å². The van der Waals surface area contributed by atoms with Gasteiger partial charge < -0.3 is 11.1 Å². The molecular weight excluding hydrogens is 178 g/mol. The number of nitrogens with one attached hydrogen (secondary N) is 1. The Kier molecular flexibility index (Phi) is 3.46. The van der Waals surface area contributed by atoms with Crippen molar-refractivity contribution in [2.24, 2.45) is 18.7 Å². The van der Waals surface area contributed by atoms with Crippen molar-refractivity contribution >= 4 is 5.95 Å². The first-order valence-electron chi connectivity index (χ1n) is 4.94. The second-order valence-corrected chi connectivity index (χ2v) is 3.60. The van der Waals surface area contributed by atoms with Gasteiger partial charge in [-0.1, -0.05) is 20.3 Å². The van der Waals surface area contributed by atoms with Gasteiger partial charge in [0.1, 0.15) is 0 Å². The van der Waals surface area contributed by atoms with Gasteiger partial charge in [0.05, 0.1) is 6.04 Å². The van der Waals surface area contributed by atoms with Crippen LogP contribution in [0.5, 0.6) is 0 Å². The molecule has 0 aliphatic rings. The summed E-state index contributed by atoms with van der Waals surface area (Å²) in [6, 6.07) is -0.0420. The molecule has 14 heavy (non-hydrogen) atoms. The summed E-state index contributed by atoms with van der Waals surface area (Å²) in [5, 5.41) is 11.0. The van der Waals surface area contributed by atoms with Gasteiger partial charge >= 0.3 is 0 Å². The van der Waals surface area contributed by atoms with Gasteiger partial charge in [-0.25, -0.2) is 0 Å². The van der Waals surface area contributed by atoms with Gasteiger partial charge in [0.15, 0.2) is 5.82 Å². The Morgan fingerprint density at radius 1 is 1.50 bits per heavy atom. The number of nitrogens with two attached hydrogens (primary N) is 1. The van der Waals surface area contributed by atoms with Crippen LogP contribution in [-0.4, -0.2) is 21.8 Å². The third-order valence-electron chi connectivity index (χ3n) is 2.69. The van der Waals surface area contributed by atoms with Crippen molar-refractivity contribution in [3.8, 4) is 0 Å². The molecule has 3 N–H and O–H groups in total. The zero-order valence-electron chi connectivity index (χ0n) is 9.28. The first kappa shape index (κ1) is 11.0. The summed E-state index contributed by atoms with van der Waals surface area (Å²) in [6.07, 6.45) is 1.04. The summed E-state index contributed by atoms with van der Waals surface area (Å²) in [7, 11) is 3.74. The first-order valence-corrected chi connectivity index (χ1v) is 4.94. The highest BCUT2D eigenvalue weighted by Gasteiger charge is 2.19. The molecule has 0 aromatic carbocycles. The largest absolute Gasteiger partial charge is 0.357 e. The molecule has 1 aromatic heterocycles. The van der Waals surface area contributed by atoms with Crippen LogP contribution in [0.25, 0.3) is 0 Å². The van der Waals surface area contributed by atoms with E-state index < -0.39 is 0 Å². The van der Waals surface area contributed by atoms with Gasteiger partial charge in [-0.05, 0) is 5.92 Å². The Labute approximate surface area is 84.7 Å². The quantitative estimate of drug-likeness (QED) is 0.752. The van der Waals surface area contributed by atoms with E-state index in [0.29, 0.717) is 5.92 Å². The highest BCUT2D eigenvalue weighted by Crippen LogP contribution is 2.20. The van der Waals surface area contributed by atoms with Crippen molar-refractivity contribution in [3.05, 3.63) is 5.82 Å². The fraction of sp³-hybridized carbons (Fsp3) is 0.778. The lowest BCUT2D eigenvalue weighted by Gasteiger charge is -2.17. The van der Waals surface area contributed by atoms with Crippen LogP contribution in [0.15, 0.2) is 0 Å². The van der Waals surface area contributed by atoms with Crippen molar-refractivity contribution in [1.29, 1.82) is 0 Å². The Morgan fingerprint density at radius 3 is 2.57 bits per heavy atom. The van der Waals surface area contributed by atoms with E-state index in [1.807, 2.05) is 18.7 Å². The van der Waals surface area contributed by atoms with Gasteiger partial charge in [0.25, 0.3) is 0 Å². The van der Waals surface area contributed by atoms with E-state index in [1.165, 1.54) is 0 Å². The lowest BCUT2D eigenvalue weighted by atomic mass is 9.99. The third-order valence-corrected chi connectivity index (χ3v) is 2.69. The van der Waals surface area contributed by atoms with Gasteiger partial charge in [0.2, 0.25) is 5.95 Å². The normalized spacial score (nSPS) is 15.2. The topological polar surface area (TPSA) is 68.8 Å². The average molecular weight is 197 g/mol. The summed E-state index contributed by atoms with van der Waals surface area (Å²) in [5.74, 6) is 2.00. The number of aromatic nitrogens is 3. The minimum absolute atomic E-state index is 0.0420. The standard InChI is InChI=1S/C9H19N5/c1-5-6(2)7(10)8-12-13-9(11-3)14(8)4/h6-7H,5,10H2,1-4H3,(H,11,13). The predicted molar refractivity (Wildman–Crippen MR) is 56.9 cm³/mol. The highest BCUT2D eigenvalue weighted by molar-refractivity contribution is 5.24. The zero-order chi connectivity index (χ0) is 10.7. The lowest BCUT2D eigenvalue weighted by Crippen LogP contribution is -2.22. The van der Waals surface area contributed by atoms with Crippen LogP contribution in [0.1, 0.15) is 32.1 Å². The number of hydrogen-bond acceptors (Lipinski definition) is 4. The minimum Gasteiger partial charge on any atom is -0.357 e. The SMILES string of the molecule is CCC(C)C(N)c1nnc(NC)n1C. The van der Waals surface area contributed by atoms with E-state index in [0.717, 1.165) is 18.2 Å². The molecule has 0 saturated heterocycles. The number of rotatable bonds is 4. The van der Waals surface area contributed by atoms with Crippen LogP contribution in [0.3, 0.4) is 0 Å². The van der Waals surface area contributed by atoms with Crippen LogP contribution >= 0.6 is 0 Å². The van der Waals surface area contributed by atoms with E-state index in [1.54, 1.807) is 0 Å². The van der Waals surface area contributed by atoms with Crippen molar-refractivity contribution in [1.82, 2.24) is 14.8 Å². The Hall–Kier alpha value is -1.10. The predicted octanol–water partition coefficient (Wildman–Crippen LogP) is 0.903. The molecule has 5 nitrogen and oxygen atoms in total. The third kappa shape index (κ3) is 1.87. The van der Waals surface area contributed by atoms with E-state index in [4.69, 9.17) is 5.73 Å². The molecular formula is C9H19N5. The van der Waals surface area contributed by atoms with E-state index >= 15 is 0 Å². The summed E-state index contributed by atoms with van der Waals surface area (Å²) >= 11 is 0. The highest BCUT2D eigenvalue weighted by atomic mass is 15.3. The van der Waals surface area contributed by atoms with Gasteiger partial charge in [-0.2, -0.15) is 0 Å². The molecule has 1 heterocycles. The molecule has 2 atom stereocenters. The molecule has 0 radical (unpaired) electrons. The maximum atomic E-state index is 6.07. The van der Waals surface area contributed by atoms with Crippen LogP contribution < -0.4 is 11.1 Å². The second-order valence-electron chi connectivity index (χ2n) is 3.60. The molecule has 0 spiro atoms. The Bertz CT molecular complexity index is 293. The molecule has 1 rings (SSSR count). The summed E-state index contributed by atoms with van der Waals surface area (Å²) < 4.78 is 1.90. The second kappa shape index (κ2) is 4.41. The van der Waals surface area contributed by atoms with Crippen LogP contribution in [0.4, 0.5) is 5.95 Å². The number of nitrogens with zero attached hydrogens (tertiary/aromatic N) is 3. The van der Waals surface area contributed by atoms with Gasteiger partial charge in [-0.15, -0.1) is 10.2 Å². The molecule has 5 heteroatoms. The monoisotopic (exact) mass is 197 g/mol. The number of hydrogen-bond donors (Lipinski definition) is 2. The smallest absolute Gasteiger partial charge is 0.224 e. The lowest BCUT2D eigenvalue weighted by molar-refractivity contribution is 0.429. The molecule has 1 aromatic rings. The molecule has 0 bridgehead atoms. The van der Waals surface area contributed by atoms with E-state index in [-0.39, 0.29) is 6.04 Å². The van der Waals surface area contributed by atoms with E-state index in [2.05, 4.69) is 29.4 Å². The molecule has 0 aliphatic heterocycles. The van der Waals surface area contributed by atoms with Crippen molar-refractivity contribution in [2.45, 2.75) is 26.3 Å². The fourth-order valence-corrected chi connectivity index (χ4v) is 1.36. The fourth-order valence-electron chi connectivity index (χ4n) is 1.36. The zero-order valence-corrected chi connectivity index (χ0v) is 9.28. The summed E-state index contributed by atoms with van der Waals surface area (Å²) in [6.45, 7) is 4.25. The Balaban J connectivity index is 2.90. The van der Waals surface area contributed by atoms with Crippen LogP contribution in [0, 0.1) is 5.92 Å². The van der Waals surface area contributed by atoms with Crippen molar-refractivity contribution < 1.29 is 0 Å². The average Bonchev–Trinajstić information content (AvgIpc) is 2.57. The van der Waals surface area contributed by atoms with E-state index in [9.17, 15) is 0 Å². The first-order chi connectivity index (χ1) is 6.61. The van der Waals surface area contributed by atoms with Gasteiger partial charge in [0, 0.05) is 14.1 Å². The molecule has 0 amide bonds. The molecule has 0 fully saturated rings. The molecule has 2 unspecified atom stereocenters. The van der Waals surface area contributed by atoms with Crippen molar-refractivity contribution in [2.75, 3.05) is 12.4 Å².